The van der Waals surface area contributed by atoms with Crippen molar-refractivity contribution < 1.29 is 13.0 Å². The van der Waals surface area contributed by atoms with Crippen LogP contribution >= 0.6 is 0 Å². The molecule has 0 bridgehead atoms. The van der Waals surface area contributed by atoms with Crippen molar-refractivity contribution in [2.75, 3.05) is 19.0 Å². The second-order valence-corrected chi connectivity index (χ2v) is 4.10. The molecule has 0 atom stereocenters. The van der Waals surface area contributed by atoms with Gasteiger partial charge in [0.05, 0.1) is 5.69 Å². The minimum absolute atomic E-state index is 0.359. The molecule has 0 amide bonds. The van der Waals surface area contributed by atoms with Crippen LogP contribution in [0.25, 0.3) is 0 Å². The summed E-state index contributed by atoms with van der Waals surface area (Å²) in [4.78, 5) is 1.89. The first-order valence-corrected chi connectivity index (χ1v) is 5.46. The quantitative estimate of drug-likeness (QED) is 0.631. The minimum atomic E-state index is -4.40. The predicted octanol–water partition coefficient (Wildman–Crippen LogP) is 1.64. The van der Waals surface area contributed by atoms with Crippen molar-refractivity contribution in [1.82, 2.24) is 0 Å². The zero-order valence-electron chi connectivity index (χ0n) is 8.32. The molecule has 0 fully saturated rings. The number of benzene rings is 1. The van der Waals surface area contributed by atoms with E-state index in [0.717, 1.165) is 5.69 Å². The van der Waals surface area contributed by atoms with Crippen molar-refractivity contribution in [3.63, 3.8) is 0 Å². The topological polar surface area (TPSA) is 82.3 Å². The third-order valence-electron chi connectivity index (χ3n) is 1.63. The van der Waals surface area contributed by atoms with Crippen molar-refractivity contribution in [3.05, 3.63) is 24.3 Å². The van der Waals surface area contributed by atoms with E-state index in [1.165, 1.54) is 0 Å². The molecule has 1 N–H and O–H groups in total. The number of rotatable bonds is 3. The molecule has 0 spiro atoms. The summed E-state index contributed by atoms with van der Waals surface area (Å²) < 4.78 is 31.6. The Kier molecular flexibility index (Phi) is 3.38. The summed E-state index contributed by atoms with van der Waals surface area (Å²) in [7, 11) is -0.634. The Morgan fingerprint density at radius 3 is 2.13 bits per heavy atom. The fourth-order valence-electron chi connectivity index (χ4n) is 0.916. The number of hydrogen-bond acceptors (Lipinski definition) is 4. The Morgan fingerprint density at radius 2 is 1.73 bits per heavy atom. The first kappa shape index (κ1) is 11.6. The molecule has 0 aliphatic heterocycles. The summed E-state index contributed by atoms with van der Waals surface area (Å²) >= 11 is 0. The summed E-state index contributed by atoms with van der Waals surface area (Å²) in [5.74, 6) is 0. The van der Waals surface area contributed by atoms with Crippen LogP contribution in [0.1, 0.15) is 0 Å². The predicted molar refractivity (Wildman–Crippen MR) is 56.8 cm³/mol. The molecule has 15 heavy (non-hydrogen) atoms. The highest BCUT2D eigenvalue weighted by molar-refractivity contribution is 7.84. The average Bonchev–Trinajstić information content (AvgIpc) is 2.14. The van der Waals surface area contributed by atoms with Crippen molar-refractivity contribution in [2.24, 2.45) is 9.63 Å². The van der Waals surface area contributed by atoms with E-state index < -0.39 is 10.3 Å². The standard InChI is InChI=1S/C8H11N3O3S/c1-11(2)8-5-3-7(4-6-8)9-10-15(12,13)14/h3-6H,1-2H3,(H,12,13,14)/b10-9+. The molecular weight excluding hydrogens is 218 g/mol. The molecule has 0 aliphatic carbocycles. The molecule has 6 nitrogen and oxygen atoms in total. The molecule has 82 valence electrons. The van der Waals surface area contributed by atoms with Gasteiger partial charge in [0.2, 0.25) is 0 Å². The number of nitrogens with zero attached hydrogens (tertiary/aromatic N) is 3. The van der Waals surface area contributed by atoms with Gasteiger partial charge >= 0.3 is 10.3 Å². The van der Waals surface area contributed by atoms with Gasteiger partial charge in [0, 0.05) is 19.8 Å². The zero-order chi connectivity index (χ0) is 11.5. The highest BCUT2D eigenvalue weighted by Crippen LogP contribution is 2.18. The van der Waals surface area contributed by atoms with Crippen LogP contribution in [0, 0.1) is 0 Å². The smallest absolute Gasteiger partial charge is 0.378 e. The Balaban J connectivity index is 2.86. The van der Waals surface area contributed by atoms with Gasteiger partial charge in [-0.2, -0.15) is 8.42 Å². The Morgan fingerprint density at radius 1 is 1.20 bits per heavy atom. The Labute approximate surface area is 88.1 Å². The average molecular weight is 229 g/mol. The number of anilines is 1. The van der Waals surface area contributed by atoms with Crippen LogP contribution in [0.5, 0.6) is 0 Å². The van der Waals surface area contributed by atoms with Crippen LogP contribution < -0.4 is 4.90 Å². The second kappa shape index (κ2) is 4.37. The first-order chi connectivity index (χ1) is 6.88. The first-order valence-electron chi connectivity index (χ1n) is 4.06. The van der Waals surface area contributed by atoms with Crippen LogP contribution in [0.4, 0.5) is 11.4 Å². The van der Waals surface area contributed by atoms with E-state index in [4.69, 9.17) is 4.55 Å². The molecule has 1 aromatic rings. The molecule has 0 saturated heterocycles. The lowest BCUT2D eigenvalue weighted by Gasteiger charge is -2.11. The molecule has 0 aromatic heterocycles. The van der Waals surface area contributed by atoms with Crippen molar-refractivity contribution in [1.29, 1.82) is 0 Å². The molecule has 7 heteroatoms. The fraction of sp³-hybridized carbons (Fsp3) is 0.250. The maximum absolute atomic E-state index is 10.3. The van der Waals surface area contributed by atoms with Gasteiger partial charge in [0.1, 0.15) is 0 Å². The van der Waals surface area contributed by atoms with E-state index in [1.807, 2.05) is 19.0 Å². The molecule has 0 radical (unpaired) electrons. The molecule has 0 heterocycles. The van der Waals surface area contributed by atoms with Gasteiger partial charge in [-0.05, 0) is 28.8 Å². The van der Waals surface area contributed by atoms with Crippen LogP contribution in [0.3, 0.4) is 0 Å². The van der Waals surface area contributed by atoms with E-state index in [1.54, 1.807) is 24.3 Å². The highest BCUT2D eigenvalue weighted by atomic mass is 32.2. The Bertz CT molecular complexity index is 451. The lowest BCUT2D eigenvalue weighted by molar-refractivity contribution is 0.482. The monoisotopic (exact) mass is 229 g/mol. The molecule has 1 aromatic carbocycles. The van der Waals surface area contributed by atoms with Gasteiger partial charge in [-0.25, -0.2) is 0 Å². The SMILES string of the molecule is CN(C)c1ccc(/N=N/S(=O)(=O)O)cc1. The van der Waals surface area contributed by atoms with Crippen molar-refractivity contribution in [3.8, 4) is 0 Å². The van der Waals surface area contributed by atoms with Crippen LogP contribution in [-0.2, 0) is 10.3 Å². The Hall–Kier alpha value is -1.47. The minimum Gasteiger partial charge on any atom is -0.378 e. The van der Waals surface area contributed by atoms with Gasteiger partial charge in [-0.3, -0.25) is 4.55 Å². The van der Waals surface area contributed by atoms with Crippen LogP contribution in [0.2, 0.25) is 0 Å². The van der Waals surface area contributed by atoms with E-state index in [9.17, 15) is 8.42 Å². The van der Waals surface area contributed by atoms with Gasteiger partial charge in [-0.1, -0.05) is 0 Å². The van der Waals surface area contributed by atoms with E-state index in [-0.39, 0.29) is 0 Å². The molecule has 1 rings (SSSR count). The summed E-state index contributed by atoms with van der Waals surface area (Å²) in [6.07, 6.45) is 0. The maximum Gasteiger partial charge on any atom is 0.396 e. The molecule has 0 aliphatic rings. The van der Waals surface area contributed by atoms with Gasteiger partial charge in [-0.15, -0.1) is 5.11 Å². The van der Waals surface area contributed by atoms with Gasteiger partial charge in [0.25, 0.3) is 0 Å². The third kappa shape index (κ3) is 4.05. The van der Waals surface area contributed by atoms with E-state index in [0.29, 0.717) is 5.69 Å². The maximum atomic E-state index is 10.3. The summed E-state index contributed by atoms with van der Waals surface area (Å²) in [6, 6.07) is 6.73. The molecule has 0 saturated carbocycles. The van der Waals surface area contributed by atoms with Gasteiger partial charge in [0.15, 0.2) is 0 Å². The summed E-state index contributed by atoms with van der Waals surface area (Å²) in [6.45, 7) is 0. The lowest BCUT2D eigenvalue weighted by Crippen LogP contribution is -2.07. The second-order valence-electron chi connectivity index (χ2n) is 3.04. The fourth-order valence-corrected chi connectivity index (χ4v) is 1.11. The third-order valence-corrected chi connectivity index (χ3v) is 1.91. The molecular formula is C8H11N3O3S. The summed E-state index contributed by atoms with van der Waals surface area (Å²) in [5.41, 5.74) is 1.32. The van der Waals surface area contributed by atoms with E-state index >= 15 is 0 Å². The highest BCUT2D eigenvalue weighted by Gasteiger charge is 1.99. The van der Waals surface area contributed by atoms with Crippen molar-refractivity contribution >= 4 is 21.7 Å². The van der Waals surface area contributed by atoms with Crippen LogP contribution in [0.15, 0.2) is 33.9 Å². The van der Waals surface area contributed by atoms with Crippen molar-refractivity contribution in [2.45, 2.75) is 0 Å². The summed E-state index contributed by atoms with van der Waals surface area (Å²) in [5, 5.41) is 3.35. The zero-order valence-corrected chi connectivity index (χ0v) is 9.14. The van der Waals surface area contributed by atoms with Crippen LogP contribution in [-0.4, -0.2) is 27.1 Å². The number of hydrogen-bond donors (Lipinski definition) is 1. The molecule has 0 unspecified atom stereocenters. The van der Waals surface area contributed by atoms with Gasteiger partial charge < -0.3 is 4.90 Å². The largest absolute Gasteiger partial charge is 0.396 e. The van der Waals surface area contributed by atoms with E-state index in [2.05, 4.69) is 9.63 Å². The normalized spacial score (nSPS) is 11.9. The lowest BCUT2D eigenvalue weighted by atomic mass is 10.3.